The molecule has 0 aliphatic carbocycles. The largest absolute Gasteiger partial charge is 0.496 e. The summed E-state index contributed by atoms with van der Waals surface area (Å²) >= 11 is 1.53. The van der Waals surface area contributed by atoms with Gasteiger partial charge in [0.2, 0.25) is 5.91 Å². The van der Waals surface area contributed by atoms with E-state index in [1.807, 2.05) is 59.2 Å². The number of anilines is 1. The molecule has 1 heterocycles. The highest BCUT2D eigenvalue weighted by Gasteiger charge is 2.16. The lowest BCUT2D eigenvalue weighted by Gasteiger charge is -2.10. The highest BCUT2D eigenvalue weighted by Crippen LogP contribution is 2.30. The predicted octanol–water partition coefficient (Wildman–Crippen LogP) is 4.09. The zero-order chi connectivity index (χ0) is 19.1. The minimum atomic E-state index is -0.0128. The summed E-state index contributed by atoms with van der Waals surface area (Å²) in [5.74, 6) is 2.15. The van der Waals surface area contributed by atoms with Gasteiger partial charge in [-0.2, -0.15) is 0 Å². The Morgan fingerprint density at radius 3 is 2.59 bits per heavy atom. The van der Waals surface area contributed by atoms with Crippen LogP contribution in [0.25, 0.3) is 11.4 Å². The number of hydrogen-bond donors (Lipinski definition) is 1. The Morgan fingerprint density at radius 2 is 1.85 bits per heavy atom. The number of methoxy groups -OCH3 is 1. The minimum absolute atomic E-state index is 0.0128. The first-order chi connectivity index (χ1) is 13.2. The second-order valence-corrected chi connectivity index (χ2v) is 6.83. The molecule has 1 amide bonds. The van der Waals surface area contributed by atoms with Crippen molar-refractivity contribution in [3.63, 3.8) is 0 Å². The highest BCUT2D eigenvalue weighted by molar-refractivity contribution is 7.99. The molecule has 0 aliphatic heterocycles. The van der Waals surface area contributed by atoms with Crippen LogP contribution in [0.5, 0.6) is 5.75 Å². The number of aromatic nitrogens is 3. The maximum absolute atomic E-state index is 12.1. The molecule has 140 valence electrons. The Hall–Kier alpha value is -2.80. The summed E-state index contributed by atoms with van der Waals surface area (Å²) in [7, 11) is 1.65. The van der Waals surface area contributed by atoms with E-state index in [0.29, 0.717) is 12.2 Å². The van der Waals surface area contributed by atoms with Gasteiger partial charge in [-0.1, -0.05) is 42.1 Å². The molecule has 1 aromatic heterocycles. The van der Waals surface area contributed by atoms with Crippen LogP contribution in [-0.4, -0.2) is 33.5 Å². The lowest BCUT2D eigenvalue weighted by Crippen LogP contribution is -2.12. The molecule has 0 unspecified atom stereocenters. The number of carbonyl (C=O) groups excluding carboxylic acids is 1. The minimum Gasteiger partial charge on any atom is -0.496 e. The smallest absolute Gasteiger partial charge is 0.225 e. The number of carbonyl (C=O) groups is 1. The fraction of sp³-hybridized carbons (Fsp3) is 0.250. The van der Waals surface area contributed by atoms with Crippen molar-refractivity contribution in [3.05, 3.63) is 54.6 Å². The molecule has 27 heavy (non-hydrogen) atoms. The summed E-state index contributed by atoms with van der Waals surface area (Å²) in [5.41, 5.74) is 1.71. The molecule has 0 saturated carbocycles. The Kier molecular flexibility index (Phi) is 6.49. The zero-order valence-corrected chi connectivity index (χ0v) is 16.2. The van der Waals surface area contributed by atoms with Crippen molar-refractivity contribution in [2.24, 2.45) is 0 Å². The third-order valence-corrected chi connectivity index (χ3v) is 4.97. The lowest BCUT2D eigenvalue weighted by atomic mass is 10.2. The van der Waals surface area contributed by atoms with E-state index in [2.05, 4.69) is 22.4 Å². The lowest BCUT2D eigenvalue weighted by molar-refractivity contribution is -0.115. The second-order valence-electron chi connectivity index (χ2n) is 5.76. The van der Waals surface area contributed by atoms with Crippen molar-refractivity contribution in [3.8, 4) is 17.1 Å². The van der Waals surface area contributed by atoms with Crippen LogP contribution < -0.4 is 10.1 Å². The number of ether oxygens (including phenoxy) is 1. The number of rotatable bonds is 8. The number of benzene rings is 2. The van der Waals surface area contributed by atoms with E-state index in [1.54, 1.807) is 7.11 Å². The van der Waals surface area contributed by atoms with E-state index in [1.165, 1.54) is 11.8 Å². The summed E-state index contributed by atoms with van der Waals surface area (Å²) in [5, 5.41) is 12.3. The standard InChI is InChI=1S/C20H22N4O2S/c1-3-24-19(16-11-7-8-12-17(16)26-2)22-23-20(24)27-14-13-18(25)21-15-9-5-4-6-10-15/h4-12H,3,13-14H2,1-2H3,(H,21,25). The molecule has 0 atom stereocenters. The fourth-order valence-corrected chi connectivity index (χ4v) is 3.63. The van der Waals surface area contributed by atoms with Gasteiger partial charge in [0.05, 0.1) is 12.7 Å². The third kappa shape index (κ3) is 4.68. The van der Waals surface area contributed by atoms with Gasteiger partial charge in [-0.15, -0.1) is 10.2 Å². The first-order valence-electron chi connectivity index (χ1n) is 8.77. The van der Waals surface area contributed by atoms with E-state index in [9.17, 15) is 4.79 Å². The number of nitrogens with one attached hydrogen (secondary N) is 1. The van der Waals surface area contributed by atoms with Gasteiger partial charge in [-0.3, -0.25) is 4.79 Å². The van der Waals surface area contributed by atoms with Crippen LogP contribution >= 0.6 is 11.8 Å². The summed E-state index contributed by atoms with van der Waals surface area (Å²) in [6, 6.07) is 17.2. The zero-order valence-electron chi connectivity index (χ0n) is 15.4. The van der Waals surface area contributed by atoms with Gasteiger partial charge < -0.3 is 14.6 Å². The van der Waals surface area contributed by atoms with Crippen LogP contribution in [0.4, 0.5) is 5.69 Å². The maximum atomic E-state index is 12.1. The van der Waals surface area contributed by atoms with Crippen LogP contribution in [-0.2, 0) is 11.3 Å². The normalized spacial score (nSPS) is 10.6. The highest BCUT2D eigenvalue weighted by atomic mass is 32.2. The predicted molar refractivity (Wildman–Crippen MR) is 108 cm³/mol. The van der Waals surface area contributed by atoms with Crippen molar-refractivity contribution >= 4 is 23.4 Å². The molecule has 2 aromatic carbocycles. The van der Waals surface area contributed by atoms with Crippen molar-refractivity contribution in [2.45, 2.75) is 25.0 Å². The van der Waals surface area contributed by atoms with E-state index >= 15 is 0 Å². The van der Waals surface area contributed by atoms with Crippen LogP contribution in [0.15, 0.2) is 59.8 Å². The Labute approximate surface area is 163 Å². The molecular weight excluding hydrogens is 360 g/mol. The topological polar surface area (TPSA) is 69.0 Å². The third-order valence-electron chi connectivity index (χ3n) is 4.00. The van der Waals surface area contributed by atoms with Gasteiger partial charge in [0.15, 0.2) is 11.0 Å². The Bertz CT molecular complexity index is 896. The molecule has 0 saturated heterocycles. The molecule has 1 N–H and O–H groups in total. The molecular formula is C20H22N4O2S. The molecule has 0 fully saturated rings. The van der Waals surface area contributed by atoms with Crippen molar-refractivity contribution in [2.75, 3.05) is 18.2 Å². The summed E-state index contributed by atoms with van der Waals surface area (Å²) in [6.07, 6.45) is 0.403. The van der Waals surface area contributed by atoms with E-state index < -0.39 is 0 Å². The first-order valence-corrected chi connectivity index (χ1v) is 9.75. The van der Waals surface area contributed by atoms with E-state index in [4.69, 9.17) is 4.74 Å². The molecule has 0 spiro atoms. The SMILES string of the molecule is CCn1c(SCCC(=O)Nc2ccccc2)nnc1-c1ccccc1OC. The molecule has 6 nitrogen and oxygen atoms in total. The van der Waals surface area contributed by atoms with E-state index in [0.717, 1.165) is 34.5 Å². The van der Waals surface area contributed by atoms with Gasteiger partial charge in [0, 0.05) is 24.4 Å². The summed E-state index contributed by atoms with van der Waals surface area (Å²) in [4.78, 5) is 12.1. The summed E-state index contributed by atoms with van der Waals surface area (Å²) in [6.45, 7) is 2.79. The van der Waals surface area contributed by atoms with Crippen molar-refractivity contribution in [1.82, 2.24) is 14.8 Å². The Balaban J connectivity index is 1.64. The molecule has 3 aromatic rings. The maximum Gasteiger partial charge on any atom is 0.225 e. The van der Waals surface area contributed by atoms with Gasteiger partial charge in [0.25, 0.3) is 0 Å². The second kappa shape index (κ2) is 9.23. The number of amides is 1. The molecule has 3 rings (SSSR count). The molecule has 0 aliphatic rings. The van der Waals surface area contributed by atoms with Crippen molar-refractivity contribution < 1.29 is 9.53 Å². The molecule has 0 radical (unpaired) electrons. The van der Waals surface area contributed by atoms with E-state index in [-0.39, 0.29) is 5.91 Å². The van der Waals surface area contributed by atoms with Gasteiger partial charge in [-0.25, -0.2) is 0 Å². The van der Waals surface area contributed by atoms with Crippen LogP contribution in [0.1, 0.15) is 13.3 Å². The Morgan fingerprint density at radius 1 is 1.11 bits per heavy atom. The number of thioether (sulfide) groups is 1. The molecule has 0 bridgehead atoms. The first kappa shape index (κ1) is 19.0. The van der Waals surface area contributed by atoms with Gasteiger partial charge >= 0.3 is 0 Å². The van der Waals surface area contributed by atoms with Crippen molar-refractivity contribution in [1.29, 1.82) is 0 Å². The van der Waals surface area contributed by atoms with Gasteiger partial charge in [-0.05, 0) is 31.2 Å². The molecule has 7 heteroatoms. The quantitative estimate of drug-likeness (QED) is 0.594. The monoisotopic (exact) mass is 382 g/mol. The fourth-order valence-electron chi connectivity index (χ4n) is 2.69. The summed E-state index contributed by atoms with van der Waals surface area (Å²) < 4.78 is 7.48. The number of hydrogen-bond acceptors (Lipinski definition) is 5. The number of para-hydroxylation sites is 2. The van der Waals surface area contributed by atoms with Crippen LogP contribution in [0.2, 0.25) is 0 Å². The van der Waals surface area contributed by atoms with Crippen LogP contribution in [0, 0.1) is 0 Å². The number of nitrogens with zero attached hydrogens (tertiary/aromatic N) is 3. The van der Waals surface area contributed by atoms with Crippen LogP contribution in [0.3, 0.4) is 0 Å². The van der Waals surface area contributed by atoms with Gasteiger partial charge in [0.1, 0.15) is 5.75 Å². The average Bonchev–Trinajstić information content (AvgIpc) is 3.11. The average molecular weight is 382 g/mol.